The summed E-state index contributed by atoms with van der Waals surface area (Å²) in [4.78, 5) is 14.6. The Balaban J connectivity index is 1.18. The van der Waals surface area contributed by atoms with Crippen molar-refractivity contribution < 1.29 is 14.0 Å². The minimum absolute atomic E-state index is 0.00562. The van der Waals surface area contributed by atoms with Crippen molar-refractivity contribution in [3.05, 3.63) is 194 Å². The summed E-state index contributed by atoms with van der Waals surface area (Å²) in [5, 5.41) is 1.83. The van der Waals surface area contributed by atoms with E-state index in [4.69, 9.17) is 23.5 Å². The first-order valence-electron chi connectivity index (χ1n) is 21.7. The fourth-order valence-electron chi connectivity index (χ4n) is 7.47. The summed E-state index contributed by atoms with van der Waals surface area (Å²) in [5.41, 5.74) is 7.15. The van der Waals surface area contributed by atoms with Gasteiger partial charge in [-0.3, -0.25) is 0 Å². The quantitative estimate of drug-likeness (QED) is 0.171. The lowest BCUT2D eigenvalue weighted by Gasteiger charge is -2.11. The van der Waals surface area contributed by atoms with Crippen LogP contribution >= 0.6 is 0 Å². The molecular formula is C51H32N4O. The van der Waals surface area contributed by atoms with Gasteiger partial charge in [0.2, 0.25) is 0 Å². The largest absolute Gasteiger partial charge is 0.456 e. The van der Waals surface area contributed by atoms with Gasteiger partial charge in [0.1, 0.15) is 11.2 Å². The van der Waals surface area contributed by atoms with Crippen LogP contribution in [0.15, 0.2) is 198 Å². The summed E-state index contributed by atoms with van der Waals surface area (Å²) < 4.78 is 72.7. The fraction of sp³-hybridized carbons (Fsp3) is 0. The lowest BCUT2D eigenvalue weighted by atomic mass is 9.99. The third kappa shape index (κ3) is 5.37. The average molecular weight is 724 g/mol. The summed E-state index contributed by atoms with van der Waals surface area (Å²) in [6.07, 6.45) is 0. The van der Waals surface area contributed by atoms with Crippen LogP contribution in [0.4, 0.5) is 0 Å². The topological polar surface area (TPSA) is 56.7 Å². The van der Waals surface area contributed by atoms with Crippen molar-refractivity contribution in [2.75, 3.05) is 0 Å². The first kappa shape index (κ1) is 25.4. The molecule has 0 fully saturated rings. The molecule has 0 bridgehead atoms. The highest BCUT2D eigenvalue weighted by Crippen LogP contribution is 2.40. The maximum Gasteiger partial charge on any atom is 0.164 e. The monoisotopic (exact) mass is 723 g/mol. The molecule has 0 amide bonds. The lowest BCUT2D eigenvalue weighted by Crippen LogP contribution is -2.00. The lowest BCUT2D eigenvalue weighted by molar-refractivity contribution is 0.668. The van der Waals surface area contributed by atoms with Gasteiger partial charge in [-0.15, -0.1) is 0 Å². The van der Waals surface area contributed by atoms with Crippen LogP contribution in [-0.2, 0) is 0 Å². The Labute approximate surface area is 332 Å². The molecule has 0 saturated heterocycles. The normalized spacial score (nSPS) is 13.3. The number of benzene rings is 8. The molecule has 56 heavy (non-hydrogen) atoms. The molecule has 11 aromatic rings. The molecule has 0 aliphatic carbocycles. The van der Waals surface area contributed by atoms with E-state index < -0.39 is 12.1 Å². The highest BCUT2D eigenvalue weighted by atomic mass is 16.3. The Morgan fingerprint density at radius 1 is 0.429 bits per heavy atom. The van der Waals surface area contributed by atoms with E-state index in [0.29, 0.717) is 39.6 Å². The zero-order valence-electron chi connectivity index (χ0n) is 36.6. The number of aromatic nitrogens is 4. The Hall–Kier alpha value is -7.63. The number of hydrogen-bond donors (Lipinski definition) is 0. The third-order valence-electron chi connectivity index (χ3n) is 10.1. The summed E-state index contributed by atoms with van der Waals surface area (Å²) >= 11 is 0. The molecular weight excluding hydrogens is 685 g/mol. The third-order valence-corrected chi connectivity index (χ3v) is 10.1. The number of nitrogens with zero attached hydrogens (tertiary/aromatic N) is 4. The van der Waals surface area contributed by atoms with Crippen LogP contribution in [0, 0.1) is 0 Å². The van der Waals surface area contributed by atoms with E-state index in [0.717, 1.165) is 33.0 Å². The van der Waals surface area contributed by atoms with Crippen LogP contribution in [0.25, 0.3) is 106 Å². The van der Waals surface area contributed by atoms with E-state index >= 15 is 0 Å². The number of fused-ring (bicyclic) bond motifs is 6. The molecule has 5 nitrogen and oxygen atoms in total. The molecule has 0 aliphatic rings. The van der Waals surface area contributed by atoms with E-state index in [-0.39, 0.29) is 63.4 Å². The maximum absolute atomic E-state index is 9.97. The Bertz CT molecular complexity index is 3630. The second-order valence-electron chi connectivity index (χ2n) is 13.5. The Morgan fingerprint density at radius 2 is 1.02 bits per heavy atom. The smallest absolute Gasteiger partial charge is 0.164 e. The highest BCUT2D eigenvalue weighted by molar-refractivity contribution is 6.14. The summed E-state index contributed by atoms with van der Waals surface area (Å²) in [7, 11) is 0. The van der Waals surface area contributed by atoms with Crippen molar-refractivity contribution in [3.63, 3.8) is 0 Å². The van der Waals surface area contributed by atoms with Crippen molar-refractivity contribution in [3.8, 4) is 62.1 Å². The second kappa shape index (κ2) is 13.0. The van der Waals surface area contributed by atoms with Crippen molar-refractivity contribution in [2.45, 2.75) is 0 Å². The van der Waals surface area contributed by atoms with Crippen molar-refractivity contribution in [1.29, 1.82) is 0 Å². The van der Waals surface area contributed by atoms with Crippen LogP contribution < -0.4 is 0 Å². The molecule has 3 aromatic heterocycles. The standard InChI is InChI=1S/C51H32N4O/c1-4-13-33(14-5-1)34-23-25-37(26-24-34)50-52-49(36-17-8-3-9-18-36)53-51(54-50)38-27-29-42-41-19-10-11-21-44(41)55(45(42)31-38)39-28-30-43-47(32-39)56-46-22-12-20-40(48(43)46)35-15-6-2-7-16-35/h1-32H/i10D,11D,19D,21D,27D,29D,31D. The highest BCUT2D eigenvalue weighted by Gasteiger charge is 2.19. The molecule has 11 rings (SSSR count). The molecule has 262 valence electrons. The van der Waals surface area contributed by atoms with Gasteiger partial charge in [-0.2, -0.15) is 0 Å². The number of furan rings is 1. The number of hydrogen-bond acceptors (Lipinski definition) is 4. The fourth-order valence-corrected chi connectivity index (χ4v) is 7.47. The minimum atomic E-state index is -0.484. The maximum atomic E-state index is 9.97. The Kier molecular flexibility index (Phi) is 5.92. The van der Waals surface area contributed by atoms with Crippen LogP contribution in [0.1, 0.15) is 9.60 Å². The van der Waals surface area contributed by atoms with E-state index in [1.165, 1.54) is 0 Å². The molecule has 0 radical (unpaired) electrons. The van der Waals surface area contributed by atoms with Gasteiger partial charge in [-0.25, -0.2) is 15.0 Å². The van der Waals surface area contributed by atoms with Crippen molar-refractivity contribution in [1.82, 2.24) is 19.5 Å². The van der Waals surface area contributed by atoms with E-state index in [2.05, 4.69) is 0 Å². The first-order chi connectivity index (χ1) is 30.7. The van der Waals surface area contributed by atoms with E-state index in [9.17, 15) is 5.48 Å². The predicted molar refractivity (Wildman–Crippen MR) is 229 cm³/mol. The zero-order chi connectivity index (χ0) is 43.1. The van der Waals surface area contributed by atoms with E-state index in [1.54, 1.807) is 10.6 Å². The van der Waals surface area contributed by atoms with Crippen molar-refractivity contribution in [2.24, 2.45) is 0 Å². The van der Waals surface area contributed by atoms with Crippen LogP contribution in [0.3, 0.4) is 0 Å². The molecule has 0 N–H and O–H groups in total. The number of para-hydroxylation sites is 1. The summed E-state index contributed by atoms with van der Waals surface area (Å²) in [6, 6.07) is 45.9. The molecule has 8 aromatic carbocycles. The second-order valence-corrected chi connectivity index (χ2v) is 13.5. The molecule has 5 heteroatoms. The van der Waals surface area contributed by atoms with Crippen LogP contribution in [0.5, 0.6) is 0 Å². The van der Waals surface area contributed by atoms with E-state index in [1.807, 2.05) is 146 Å². The van der Waals surface area contributed by atoms with Crippen LogP contribution in [-0.4, -0.2) is 19.5 Å². The predicted octanol–water partition coefficient (Wildman–Crippen LogP) is 13.2. The van der Waals surface area contributed by atoms with Gasteiger partial charge in [0.25, 0.3) is 0 Å². The van der Waals surface area contributed by atoms with Crippen molar-refractivity contribution >= 4 is 43.7 Å². The first-order valence-corrected chi connectivity index (χ1v) is 18.2. The SMILES string of the molecule is [2H]c1c([2H])c([2H])c2c(c1[2H])c1c([2H])c([2H])c(-c3nc(-c4ccccc4)nc(-c4ccc(-c5ccccc5)cc4)n3)c([2H])c1n2-c1ccc2c(c1)oc1cccc(-c3ccccc3)c12. The summed E-state index contributed by atoms with van der Waals surface area (Å²) in [5.74, 6) is 0.599. The van der Waals surface area contributed by atoms with Gasteiger partial charge in [0.05, 0.1) is 20.6 Å². The number of rotatable bonds is 6. The van der Waals surface area contributed by atoms with Gasteiger partial charge >= 0.3 is 0 Å². The summed E-state index contributed by atoms with van der Waals surface area (Å²) in [6.45, 7) is 0. The Morgan fingerprint density at radius 3 is 1.75 bits per heavy atom. The van der Waals surface area contributed by atoms with Gasteiger partial charge in [-0.05, 0) is 52.5 Å². The van der Waals surface area contributed by atoms with Gasteiger partial charge in [0, 0.05) is 50.0 Å². The molecule has 0 spiro atoms. The zero-order valence-corrected chi connectivity index (χ0v) is 29.6. The molecule has 0 atom stereocenters. The molecule has 3 heterocycles. The van der Waals surface area contributed by atoms with Gasteiger partial charge in [0.15, 0.2) is 17.5 Å². The molecule has 0 unspecified atom stereocenters. The van der Waals surface area contributed by atoms with Crippen LogP contribution in [0.2, 0.25) is 0 Å². The molecule has 0 aliphatic heterocycles. The average Bonchev–Trinajstić information content (AvgIpc) is 3.90. The van der Waals surface area contributed by atoms with Gasteiger partial charge < -0.3 is 8.98 Å². The molecule has 0 saturated carbocycles. The minimum Gasteiger partial charge on any atom is -0.456 e. The van der Waals surface area contributed by atoms with Gasteiger partial charge in [-0.1, -0.05) is 158 Å².